The van der Waals surface area contributed by atoms with E-state index in [1.165, 1.54) is 38.5 Å². The van der Waals surface area contributed by atoms with E-state index in [-0.39, 0.29) is 5.79 Å². The van der Waals surface area contributed by atoms with Crippen LogP contribution in [0.3, 0.4) is 0 Å². The van der Waals surface area contributed by atoms with E-state index in [1.54, 1.807) is 0 Å². The zero-order valence-corrected chi connectivity index (χ0v) is 19.6. The number of carbonyl (C=O) groups excluding carboxylic acids is 1. The van der Waals surface area contributed by atoms with Gasteiger partial charge in [-0.3, -0.25) is 4.79 Å². The Balaban J connectivity index is 1.26. The minimum atomic E-state index is -0.292. The van der Waals surface area contributed by atoms with Gasteiger partial charge in [-0.25, -0.2) is 0 Å². The van der Waals surface area contributed by atoms with Gasteiger partial charge in [0.25, 0.3) is 0 Å². The average Bonchev–Trinajstić information content (AvgIpc) is 3.16. The van der Waals surface area contributed by atoms with Crippen LogP contribution >= 0.6 is 0 Å². The van der Waals surface area contributed by atoms with Gasteiger partial charge in [-0.2, -0.15) is 0 Å². The monoisotopic (exact) mass is 414 g/mol. The third-order valence-electron chi connectivity index (χ3n) is 11.7. The van der Waals surface area contributed by atoms with Gasteiger partial charge in [0, 0.05) is 25.2 Å². The SMILES string of the molecule is C[C@H]1CC[C@@]2(OC1)O[C@H]1C[C@H]3[C@@H]4CC[C@H]5CC(=O)CC[C@]5(C)[C@H]4CC[C@]3(C)[C@H]1[C@@H]2C. The van der Waals surface area contributed by atoms with Crippen molar-refractivity contribution in [1.29, 1.82) is 0 Å². The van der Waals surface area contributed by atoms with Gasteiger partial charge in [-0.1, -0.05) is 27.7 Å². The Hall–Kier alpha value is -0.410. The lowest BCUT2D eigenvalue weighted by molar-refractivity contribution is -0.273. The molecule has 2 aliphatic heterocycles. The first-order chi connectivity index (χ1) is 14.3. The fourth-order valence-electron chi connectivity index (χ4n) is 10.1. The molecule has 3 heteroatoms. The smallest absolute Gasteiger partial charge is 0.171 e. The molecule has 0 aromatic heterocycles. The topological polar surface area (TPSA) is 35.5 Å². The van der Waals surface area contributed by atoms with E-state index < -0.39 is 0 Å². The first kappa shape index (κ1) is 20.2. The normalized spacial score (nSPS) is 60.1. The van der Waals surface area contributed by atoms with E-state index in [9.17, 15) is 4.79 Å². The summed E-state index contributed by atoms with van der Waals surface area (Å²) in [5.41, 5.74) is 0.820. The Morgan fingerprint density at radius 1 is 0.933 bits per heavy atom. The van der Waals surface area contributed by atoms with Crippen molar-refractivity contribution < 1.29 is 14.3 Å². The molecule has 0 bridgehead atoms. The average molecular weight is 415 g/mol. The van der Waals surface area contributed by atoms with Crippen molar-refractivity contribution in [3.63, 3.8) is 0 Å². The van der Waals surface area contributed by atoms with E-state index in [2.05, 4.69) is 27.7 Å². The van der Waals surface area contributed by atoms with E-state index in [1.807, 2.05) is 0 Å². The number of Topliss-reactive ketones (excluding diaryl/α,β-unsaturated/α-hetero) is 1. The molecule has 3 nitrogen and oxygen atoms in total. The molecule has 1 spiro atoms. The molecule has 0 aromatic rings. The van der Waals surface area contributed by atoms with Gasteiger partial charge in [-0.05, 0) is 91.3 Å². The standard InChI is InChI=1S/C27H42O3/c1-16-7-12-27(29-15-16)17(2)24-23(30-27)14-22-20-6-5-18-13-19(28)8-10-25(18,3)21(20)9-11-26(22,24)4/h16-18,20-24H,5-15H2,1-4H3/t16-,17-,18-,20+,21-,22-,23-,24-,25-,26-,27+/m0/s1. The molecule has 0 radical (unpaired) electrons. The van der Waals surface area contributed by atoms with Crippen molar-refractivity contribution in [2.45, 2.75) is 104 Å². The molecule has 6 rings (SSSR count). The quantitative estimate of drug-likeness (QED) is 0.487. The van der Waals surface area contributed by atoms with E-state index in [0.29, 0.717) is 46.4 Å². The zero-order chi connectivity index (χ0) is 20.9. The fourth-order valence-corrected chi connectivity index (χ4v) is 10.1. The van der Waals surface area contributed by atoms with Crippen molar-refractivity contribution in [2.75, 3.05) is 6.61 Å². The summed E-state index contributed by atoms with van der Waals surface area (Å²) in [6.45, 7) is 10.8. The maximum absolute atomic E-state index is 12.2. The highest BCUT2D eigenvalue weighted by Gasteiger charge is 2.69. The van der Waals surface area contributed by atoms with Crippen LogP contribution in [0.1, 0.15) is 91.9 Å². The van der Waals surface area contributed by atoms with Gasteiger partial charge in [0.2, 0.25) is 0 Å². The van der Waals surface area contributed by atoms with Gasteiger partial charge >= 0.3 is 0 Å². The van der Waals surface area contributed by atoms with Crippen molar-refractivity contribution in [1.82, 2.24) is 0 Å². The molecular weight excluding hydrogens is 372 g/mol. The van der Waals surface area contributed by atoms with E-state index in [4.69, 9.17) is 9.47 Å². The first-order valence-corrected chi connectivity index (χ1v) is 13.1. The lowest BCUT2D eigenvalue weighted by Gasteiger charge is -2.60. The molecule has 30 heavy (non-hydrogen) atoms. The van der Waals surface area contributed by atoms with Crippen LogP contribution in [-0.4, -0.2) is 24.3 Å². The molecule has 0 unspecified atom stereocenters. The molecule has 0 N–H and O–H groups in total. The van der Waals surface area contributed by atoms with Gasteiger partial charge in [0.05, 0.1) is 12.7 Å². The minimum absolute atomic E-state index is 0.292. The Morgan fingerprint density at radius 3 is 2.53 bits per heavy atom. The number of rotatable bonds is 0. The third-order valence-corrected chi connectivity index (χ3v) is 11.7. The van der Waals surface area contributed by atoms with Crippen LogP contribution in [0, 0.1) is 52.3 Å². The molecular formula is C27H42O3. The largest absolute Gasteiger partial charge is 0.349 e. The summed E-state index contributed by atoms with van der Waals surface area (Å²) < 4.78 is 13.4. The van der Waals surface area contributed by atoms with Crippen LogP contribution in [0.25, 0.3) is 0 Å². The highest BCUT2D eigenvalue weighted by molar-refractivity contribution is 5.79. The van der Waals surface area contributed by atoms with Gasteiger partial charge in [0.15, 0.2) is 5.79 Å². The molecule has 2 heterocycles. The molecule has 4 aliphatic carbocycles. The first-order valence-electron chi connectivity index (χ1n) is 13.1. The third kappa shape index (κ3) is 2.54. The molecule has 6 fully saturated rings. The van der Waals surface area contributed by atoms with Crippen LogP contribution < -0.4 is 0 Å². The summed E-state index contributed by atoms with van der Waals surface area (Å²) in [7, 11) is 0. The molecule has 4 saturated carbocycles. The van der Waals surface area contributed by atoms with Crippen LogP contribution in [0.4, 0.5) is 0 Å². The van der Waals surface area contributed by atoms with Crippen LogP contribution in [0.15, 0.2) is 0 Å². The molecule has 0 aromatic carbocycles. The van der Waals surface area contributed by atoms with Crippen LogP contribution in [0.2, 0.25) is 0 Å². The lowest BCUT2D eigenvalue weighted by atomic mass is 9.44. The number of fused-ring (bicyclic) bond motifs is 7. The van der Waals surface area contributed by atoms with Crippen molar-refractivity contribution >= 4 is 5.78 Å². The van der Waals surface area contributed by atoms with Crippen molar-refractivity contribution in [2.24, 2.45) is 52.3 Å². The highest BCUT2D eigenvalue weighted by Crippen LogP contribution is 2.71. The van der Waals surface area contributed by atoms with Crippen LogP contribution in [0.5, 0.6) is 0 Å². The zero-order valence-electron chi connectivity index (χ0n) is 19.6. The molecule has 168 valence electrons. The second kappa shape index (κ2) is 6.56. The summed E-state index contributed by atoms with van der Waals surface area (Å²) in [6, 6.07) is 0. The summed E-state index contributed by atoms with van der Waals surface area (Å²) >= 11 is 0. The summed E-state index contributed by atoms with van der Waals surface area (Å²) in [5.74, 6) is 5.23. The van der Waals surface area contributed by atoms with Gasteiger partial charge in [0.1, 0.15) is 5.78 Å². The number of hydrogen-bond acceptors (Lipinski definition) is 3. The highest BCUT2D eigenvalue weighted by atomic mass is 16.7. The molecule has 0 amide bonds. The molecule has 11 atom stereocenters. The second-order valence-electron chi connectivity index (χ2n) is 12.9. The van der Waals surface area contributed by atoms with Crippen molar-refractivity contribution in [3.8, 4) is 0 Å². The van der Waals surface area contributed by atoms with E-state index >= 15 is 0 Å². The Labute approximate surface area is 183 Å². The number of ketones is 1. The minimum Gasteiger partial charge on any atom is -0.349 e. The maximum Gasteiger partial charge on any atom is 0.171 e. The fraction of sp³-hybridized carbons (Fsp3) is 0.963. The maximum atomic E-state index is 12.2. The summed E-state index contributed by atoms with van der Waals surface area (Å²) in [5, 5.41) is 0. The predicted octanol–water partition coefficient (Wildman–Crippen LogP) is 6.00. The molecule has 6 aliphatic rings. The number of ether oxygens (including phenoxy) is 2. The number of carbonyl (C=O) groups is 1. The van der Waals surface area contributed by atoms with Crippen LogP contribution in [-0.2, 0) is 14.3 Å². The number of hydrogen-bond donors (Lipinski definition) is 0. The summed E-state index contributed by atoms with van der Waals surface area (Å²) in [6.07, 6.45) is 12.2. The Bertz CT molecular complexity index is 724. The van der Waals surface area contributed by atoms with E-state index in [0.717, 1.165) is 50.0 Å². The summed E-state index contributed by atoms with van der Waals surface area (Å²) in [4.78, 5) is 12.2. The Kier molecular flexibility index (Phi) is 4.42. The lowest BCUT2D eigenvalue weighted by Crippen LogP contribution is -2.54. The predicted molar refractivity (Wildman–Crippen MR) is 117 cm³/mol. The second-order valence-corrected chi connectivity index (χ2v) is 12.9. The van der Waals surface area contributed by atoms with Crippen molar-refractivity contribution in [3.05, 3.63) is 0 Å². The van der Waals surface area contributed by atoms with Gasteiger partial charge < -0.3 is 9.47 Å². The van der Waals surface area contributed by atoms with Gasteiger partial charge in [-0.15, -0.1) is 0 Å². The Morgan fingerprint density at radius 2 is 1.77 bits per heavy atom. The molecule has 2 saturated heterocycles.